The predicted octanol–water partition coefficient (Wildman–Crippen LogP) is 12.9. The van der Waals surface area contributed by atoms with Crippen LogP contribution >= 0.6 is 0 Å². The van der Waals surface area contributed by atoms with Gasteiger partial charge in [0.05, 0.1) is 11.6 Å². The Hall–Kier alpha value is -8.73. The largest absolute Gasteiger partial charge is 0.208 e. The molecule has 0 saturated carbocycles. The van der Waals surface area contributed by atoms with Gasteiger partial charge in [-0.15, -0.1) is 0 Å². The fourth-order valence-electron chi connectivity index (χ4n) is 7.51. The highest BCUT2D eigenvalue weighted by molar-refractivity contribution is 5.93. The third-order valence-corrected chi connectivity index (χ3v) is 10.7. The number of rotatable bonds is 9. The molecule has 10 rings (SSSR count). The third kappa shape index (κ3) is 7.75. The van der Waals surface area contributed by atoms with Crippen LogP contribution in [0.1, 0.15) is 5.56 Å². The van der Waals surface area contributed by atoms with Gasteiger partial charge in [0.2, 0.25) is 0 Å². The summed E-state index contributed by atoms with van der Waals surface area (Å²) in [6.07, 6.45) is 0. The average molecular weight is 794 g/mol. The fourth-order valence-corrected chi connectivity index (χ4v) is 7.51. The molecule has 7 nitrogen and oxygen atoms in total. The van der Waals surface area contributed by atoms with Crippen LogP contribution in [0.4, 0.5) is 0 Å². The summed E-state index contributed by atoms with van der Waals surface area (Å²) in [4.78, 5) is 30.0. The van der Waals surface area contributed by atoms with Crippen LogP contribution in [0.15, 0.2) is 212 Å². The first-order valence-electron chi connectivity index (χ1n) is 20.3. The van der Waals surface area contributed by atoms with Crippen molar-refractivity contribution in [3.05, 3.63) is 218 Å². The number of hydrogen-bond donors (Lipinski definition) is 0. The minimum absolute atomic E-state index is 0.566. The van der Waals surface area contributed by atoms with Crippen LogP contribution < -0.4 is 0 Å². The zero-order valence-corrected chi connectivity index (χ0v) is 33.3. The monoisotopic (exact) mass is 793 g/mol. The van der Waals surface area contributed by atoms with Gasteiger partial charge >= 0.3 is 0 Å². The summed E-state index contributed by atoms with van der Waals surface area (Å²) in [7, 11) is 0. The van der Waals surface area contributed by atoms with E-state index in [0.717, 1.165) is 66.8 Å². The number of aromatic nitrogens is 6. The fraction of sp³-hybridized carbons (Fsp3) is 0. The second-order valence-electron chi connectivity index (χ2n) is 14.6. The highest BCUT2D eigenvalue weighted by Crippen LogP contribution is 2.41. The molecule has 0 spiro atoms. The third-order valence-electron chi connectivity index (χ3n) is 10.7. The molecule has 0 atom stereocenters. The Morgan fingerprint density at radius 2 is 0.581 bits per heavy atom. The van der Waals surface area contributed by atoms with Crippen LogP contribution in [0.25, 0.3) is 102 Å². The Labute approximate surface area is 359 Å². The summed E-state index contributed by atoms with van der Waals surface area (Å²) in [5.74, 6) is 3.56. The minimum atomic E-state index is 0.566. The Balaban J connectivity index is 1.12. The van der Waals surface area contributed by atoms with Crippen LogP contribution in [-0.2, 0) is 0 Å². The normalized spacial score (nSPS) is 10.9. The lowest BCUT2D eigenvalue weighted by atomic mass is 9.88. The molecular formula is C55H35N7. The first kappa shape index (κ1) is 37.5. The maximum absolute atomic E-state index is 9.52. The van der Waals surface area contributed by atoms with Crippen LogP contribution in [0.5, 0.6) is 0 Å². The molecule has 2 aromatic heterocycles. The van der Waals surface area contributed by atoms with E-state index in [1.165, 1.54) is 0 Å². The quantitative estimate of drug-likeness (QED) is 0.143. The van der Waals surface area contributed by atoms with Crippen molar-refractivity contribution in [1.82, 2.24) is 29.9 Å². The van der Waals surface area contributed by atoms with Gasteiger partial charge in [0.1, 0.15) is 0 Å². The van der Waals surface area contributed by atoms with Gasteiger partial charge in [-0.2, -0.15) is 5.26 Å². The lowest BCUT2D eigenvalue weighted by molar-refractivity contribution is 1.07. The molecule has 8 aromatic carbocycles. The predicted molar refractivity (Wildman–Crippen MR) is 247 cm³/mol. The van der Waals surface area contributed by atoms with Crippen molar-refractivity contribution in [3.63, 3.8) is 0 Å². The molecule has 0 aliphatic carbocycles. The van der Waals surface area contributed by atoms with Crippen molar-refractivity contribution in [1.29, 1.82) is 5.26 Å². The summed E-state index contributed by atoms with van der Waals surface area (Å²) >= 11 is 0. The topological polar surface area (TPSA) is 101 Å². The molecule has 0 aliphatic heterocycles. The van der Waals surface area contributed by atoms with E-state index in [4.69, 9.17) is 29.9 Å². The molecule has 0 bridgehead atoms. The molecule has 0 radical (unpaired) electrons. The van der Waals surface area contributed by atoms with E-state index in [2.05, 4.69) is 60.7 Å². The van der Waals surface area contributed by atoms with Gasteiger partial charge in [-0.25, -0.2) is 29.9 Å². The Kier molecular flexibility index (Phi) is 10.2. The molecule has 0 amide bonds. The number of nitriles is 1. The van der Waals surface area contributed by atoms with Gasteiger partial charge in [-0.3, -0.25) is 0 Å². The molecule has 0 aliphatic rings. The second kappa shape index (κ2) is 16.9. The Bertz CT molecular complexity index is 3090. The molecule has 7 heteroatoms. The molecule has 62 heavy (non-hydrogen) atoms. The maximum atomic E-state index is 9.52. The van der Waals surface area contributed by atoms with E-state index in [-0.39, 0.29) is 0 Å². The van der Waals surface area contributed by atoms with Crippen LogP contribution in [-0.4, -0.2) is 29.9 Å². The van der Waals surface area contributed by atoms with Crippen LogP contribution in [0, 0.1) is 11.3 Å². The Morgan fingerprint density at radius 1 is 0.242 bits per heavy atom. The van der Waals surface area contributed by atoms with E-state index >= 15 is 0 Å². The summed E-state index contributed by atoms with van der Waals surface area (Å²) in [6, 6.07) is 73.1. The van der Waals surface area contributed by atoms with Crippen LogP contribution in [0.2, 0.25) is 0 Å². The summed E-state index contributed by atoms with van der Waals surface area (Å²) in [5.41, 5.74) is 12.0. The van der Waals surface area contributed by atoms with E-state index in [9.17, 15) is 5.26 Å². The van der Waals surface area contributed by atoms with Crippen molar-refractivity contribution in [2.24, 2.45) is 0 Å². The zero-order chi connectivity index (χ0) is 41.7. The van der Waals surface area contributed by atoms with Gasteiger partial charge < -0.3 is 0 Å². The molecule has 0 fully saturated rings. The smallest absolute Gasteiger partial charge is 0.164 e. The number of hydrogen-bond acceptors (Lipinski definition) is 7. The molecule has 2 heterocycles. The number of benzene rings is 8. The zero-order valence-electron chi connectivity index (χ0n) is 33.3. The first-order chi connectivity index (χ1) is 30.7. The average Bonchev–Trinajstić information content (AvgIpc) is 3.37. The van der Waals surface area contributed by atoms with Gasteiger partial charge in [0.25, 0.3) is 0 Å². The van der Waals surface area contributed by atoms with Crippen LogP contribution in [0.3, 0.4) is 0 Å². The molecule has 290 valence electrons. The lowest BCUT2D eigenvalue weighted by Gasteiger charge is -2.17. The lowest BCUT2D eigenvalue weighted by Crippen LogP contribution is -2.01. The van der Waals surface area contributed by atoms with Crippen molar-refractivity contribution >= 4 is 0 Å². The van der Waals surface area contributed by atoms with Crippen molar-refractivity contribution in [2.45, 2.75) is 0 Å². The number of nitrogens with zero attached hydrogens (tertiary/aromatic N) is 7. The SMILES string of the molecule is N#Cc1ccc(-c2ccc(-c3ccc(-c4nc(-c5ccccc5)nc(-c5ccccc5)n4)cc3)c(-c3ccccc3-c3nc(-c4ccccc4)nc(-c4ccccc4)n3)c2)cc1. The maximum Gasteiger partial charge on any atom is 0.164 e. The summed E-state index contributed by atoms with van der Waals surface area (Å²) < 4.78 is 0. The van der Waals surface area contributed by atoms with Gasteiger partial charge in [-0.1, -0.05) is 194 Å². The standard InChI is InChI=1S/C55H35N7/c56-36-37-25-27-38(28-26-37)45-33-34-46(39-29-31-44(32-30-39)54-58-50(40-15-5-1-6-16-40)57-51(59-54)41-17-7-2-8-18-41)49(35-45)47-23-13-14-24-48(47)55-61-52(42-19-9-3-10-20-42)60-53(62-55)43-21-11-4-12-22-43/h1-35H. The summed E-state index contributed by atoms with van der Waals surface area (Å²) in [5, 5.41) is 9.52. The molecular weight excluding hydrogens is 759 g/mol. The highest BCUT2D eigenvalue weighted by Gasteiger charge is 2.19. The van der Waals surface area contributed by atoms with Crippen molar-refractivity contribution in [3.8, 4) is 108 Å². The van der Waals surface area contributed by atoms with E-state index in [0.29, 0.717) is 40.5 Å². The van der Waals surface area contributed by atoms with E-state index < -0.39 is 0 Å². The van der Waals surface area contributed by atoms with Gasteiger partial charge in [0, 0.05) is 33.4 Å². The summed E-state index contributed by atoms with van der Waals surface area (Å²) in [6.45, 7) is 0. The highest BCUT2D eigenvalue weighted by atomic mass is 15.0. The second-order valence-corrected chi connectivity index (χ2v) is 14.6. The van der Waals surface area contributed by atoms with Gasteiger partial charge in [0.15, 0.2) is 34.9 Å². The van der Waals surface area contributed by atoms with Crippen molar-refractivity contribution < 1.29 is 0 Å². The molecule has 0 unspecified atom stereocenters. The van der Waals surface area contributed by atoms with Crippen molar-refractivity contribution in [2.75, 3.05) is 0 Å². The molecule has 0 saturated heterocycles. The Morgan fingerprint density at radius 3 is 1.02 bits per heavy atom. The first-order valence-corrected chi connectivity index (χ1v) is 20.3. The van der Waals surface area contributed by atoms with Gasteiger partial charge in [-0.05, 0) is 51.6 Å². The van der Waals surface area contributed by atoms with E-state index in [1.54, 1.807) is 0 Å². The molecule has 0 N–H and O–H groups in total. The minimum Gasteiger partial charge on any atom is -0.208 e. The van der Waals surface area contributed by atoms with E-state index in [1.807, 2.05) is 158 Å². The molecule has 10 aromatic rings.